The molecule has 1 aromatic heterocycles. The lowest BCUT2D eigenvalue weighted by atomic mass is 10.2. The van der Waals surface area contributed by atoms with Gasteiger partial charge in [-0.25, -0.2) is 13.1 Å². The molecule has 0 aliphatic heterocycles. The summed E-state index contributed by atoms with van der Waals surface area (Å²) in [7, 11) is -3.14. The fourth-order valence-electron chi connectivity index (χ4n) is 2.90. The van der Waals surface area contributed by atoms with E-state index < -0.39 is 9.84 Å². The molecule has 2 aromatic rings. The summed E-state index contributed by atoms with van der Waals surface area (Å²) in [5, 5.41) is 4.25. The van der Waals surface area contributed by atoms with E-state index >= 15 is 0 Å². The van der Waals surface area contributed by atoms with Crippen LogP contribution in [0.3, 0.4) is 0 Å². The number of hydrogen-bond donors (Lipinski definition) is 0. The predicted molar refractivity (Wildman–Crippen MR) is 91.9 cm³/mol. The molecule has 1 aliphatic rings. The lowest BCUT2D eigenvalue weighted by molar-refractivity contribution is 0.0693. The minimum absolute atomic E-state index is 0.0257. The van der Waals surface area contributed by atoms with E-state index in [1.54, 1.807) is 22.7 Å². The zero-order valence-electron chi connectivity index (χ0n) is 13.8. The Morgan fingerprint density at radius 3 is 2.58 bits per heavy atom. The van der Waals surface area contributed by atoms with Gasteiger partial charge in [0, 0.05) is 24.5 Å². The summed E-state index contributed by atoms with van der Waals surface area (Å²) >= 11 is 0. The van der Waals surface area contributed by atoms with Crippen LogP contribution >= 0.6 is 0 Å². The Hall–Kier alpha value is -2.15. The Balaban J connectivity index is 1.82. The first kappa shape index (κ1) is 16.7. The highest BCUT2D eigenvalue weighted by Crippen LogP contribution is 2.30. The average molecular weight is 347 g/mol. The van der Waals surface area contributed by atoms with Crippen molar-refractivity contribution in [3.05, 3.63) is 48.3 Å². The van der Waals surface area contributed by atoms with Crippen LogP contribution in [0.25, 0.3) is 5.69 Å². The van der Waals surface area contributed by atoms with Crippen molar-refractivity contribution < 1.29 is 13.2 Å². The van der Waals surface area contributed by atoms with Crippen LogP contribution < -0.4 is 0 Å². The first-order valence-corrected chi connectivity index (χ1v) is 10.0. The third kappa shape index (κ3) is 3.84. The van der Waals surface area contributed by atoms with Gasteiger partial charge in [0.05, 0.1) is 23.2 Å². The highest BCUT2D eigenvalue weighted by atomic mass is 32.2. The zero-order valence-corrected chi connectivity index (χ0v) is 14.6. The lowest BCUT2D eigenvalue weighted by Gasteiger charge is -2.28. The van der Waals surface area contributed by atoms with Crippen molar-refractivity contribution in [1.29, 1.82) is 0 Å². The minimum atomic E-state index is -3.14. The number of aromatic nitrogens is 2. The van der Waals surface area contributed by atoms with Crippen LogP contribution in [0.15, 0.2) is 42.7 Å². The first-order chi connectivity index (χ1) is 11.3. The molecular formula is C17H21N3O3S. The van der Waals surface area contributed by atoms with Crippen molar-refractivity contribution in [2.24, 2.45) is 0 Å². The number of amides is 1. The van der Waals surface area contributed by atoms with Crippen LogP contribution in [0.1, 0.15) is 30.1 Å². The molecule has 6 nitrogen and oxygen atoms in total. The normalized spacial score (nSPS) is 15.9. The van der Waals surface area contributed by atoms with Gasteiger partial charge < -0.3 is 4.90 Å². The van der Waals surface area contributed by atoms with Gasteiger partial charge >= 0.3 is 0 Å². The maximum Gasteiger partial charge on any atom is 0.257 e. The van der Waals surface area contributed by atoms with Crippen LogP contribution in [0.2, 0.25) is 0 Å². The number of para-hydroxylation sites is 1. The highest BCUT2D eigenvalue weighted by molar-refractivity contribution is 7.90. The van der Waals surface area contributed by atoms with Crippen molar-refractivity contribution in [3.63, 3.8) is 0 Å². The zero-order chi connectivity index (χ0) is 17.3. The van der Waals surface area contributed by atoms with Gasteiger partial charge in [-0.2, -0.15) is 5.10 Å². The molecule has 1 saturated carbocycles. The second-order valence-electron chi connectivity index (χ2n) is 6.39. The molecule has 3 rings (SSSR count). The molecule has 0 bridgehead atoms. The van der Waals surface area contributed by atoms with Gasteiger partial charge in [0.1, 0.15) is 9.84 Å². The van der Waals surface area contributed by atoms with Gasteiger partial charge in [-0.1, -0.05) is 18.2 Å². The van der Waals surface area contributed by atoms with Gasteiger partial charge in [0.15, 0.2) is 0 Å². The van der Waals surface area contributed by atoms with Gasteiger partial charge in [-0.05, 0) is 31.9 Å². The Morgan fingerprint density at radius 1 is 1.33 bits per heavy atom. The average Bonchev–Trinajstić information content (AvgIpc) is 3.21. The van der Waals surface area contributed by atoms with Crippen LogP contribution in [-0.4, -0.2) is 53.1 Å². The number of carbonyl (C=O) groups excluding carboxylic acids is 1. The number of benzene rings is 1. The van der Waals surface area contributed by atoms with E-state index in [9.17, 15) is 13.2 Å². The summed E-state index contributed by atoms with van der Waals surface area (Å²) in [6, 6.07) is 9.33. The Bertz CT molecular complexity index is 826. The summed E-state index contributed by atoms with van der Waals surface area (Å²) in [6.07, 6.45) is 6.28. The van der Waals surface area contributed by atoms with E-state index in [0.717, 1.165) is 18.5 Å². The minimum Gasteiger partial charge on any atom is -0.332 e. The van der Waals surface area contributed by atoms with Crippen LogP contribution in [0, 0.1) is 0 Å². The summed E-state index contributed by atoms with van der Waals surface area (Å²) in [6.45, 7) is 1.79. The Labute approximate surface area is 142 Å². The Morgan fingerprint density at radius 2 is 2.00 bits per heavy atom. The predicted octanol–water partition coefficient (Wildman–Crippen LogP) is 1.91. The first-order valence-electron chi connectivity index (χ1n) is 7.95. The lowest BCUT2D eigenvalue weighted by Crippen LogP contribution is -2.43. The molecule has 1 fully saturated rings. The molecule has 1 amide bonds. The number of sulfone groups is 1. The molecule has 0 radical (unpaired) electrons. The summed E-state index contributed by atoms with van der Waals surface area (Å²) in [5.74, 6) is -0.182. The molecule has 0 unspecified atom stereocenters. The van der Waals surface area contributed by atoms with Gasteiger partial charge in [0.25, 0.3) is 5.91 Å². The summed E-state index contributed by atoms with van der Waals surface area (Å²) in [4.78, 5) is 14.6. The fourth-order valence-corrected chi connectivity index (χ4v) is 3.94. The molecule has 1 aromatic carbocycles. The molecule has 1 aliphatic carbocycles. The van der Waals surface area contributed by atoms with E-state index in [4.69, 9.17) is 0 Å². The third-order valence-electron chi connectivity index (χ3n) is 4.04. The van der Waals surface area contributed by atoms with Gasteiger partial charge in [-0.15, -0.1) is 0 Å². The number of rotatable bonds is 6. The van der Waals surface area contributed by atoms with Crippen LogP contribution in [0.5, 0.6) is 0 Å². The standard InChI is InChI=1S/C17H21N3O3S/c1-13(12-24(2,22)23)20(16-8-9-16)17(21)14-10-18-19(11-14)15-6-4-3-5-7-15/h3-7,10-11,13,16H,8-9,12H2,1-2H3/t13-/m0/s1. The van der Waals surface area contributed by atoms with Crippen molar-refractivity contribution in [3.8, 4) is 5.69 Å². The molecule has 1 heterocycles. The molecule has 0 spiro atoms. The number of nitrogens with zero attached hydrogens (tertiary/aromatic N) is 3. The fraction of sp³-hybridized carbons (Fsp3) is 0.412. The topological polar surface area (TPSA) is 72.3 Å². The van der Waals surface area contributed by atoms with Crippen molar-refractivity contribution in [1.82, 2.24) is 14.7 Å². The highest BCUT2D eigenvalue weighted by Gasteiger charge is 2.37. The number of hydrogen-bond acceptors (Lipinski definition) is 4. The van der Waals surface area contributed by atoms with Gasteiger partial charge in [0.2, 0.25) is 0 Å². The quantitative estimate of drug-likeness (QED) is 0.800. The molecule has 128 valence electrons. The van der Waals surface area contributed by atoms with E-state index in [-0.39, 0.29) is 23.7 Å². The van der Waals surface area contributed by atoms with Gasteiger partial charge in [-0.3, -0.25) is 4.79 Å². The maximum atomic E-state index is 12.9. The van der Waals surface area contributed by atoms with E-state index in [0.29, 0.717) is 5.56 Å². The molecule has 7 heteroatoms. The van der Waals surface area contributed by atoms with Crippen molar-refractivity contribution in [2.45, 2.75) is 31.8 Å². The summed E-state index contributed by atoms with van der Waals surface area (Å²) in [5.41, 5.74) is 1.35. The van der Waals surface area contributed by atoms with E-state index in [2.05, 4.69) is 5.10 Å². The molecule has 0 N–H and O–H groups in total. The molecule has 24 heavy (non-hydrogen) atoms. The van der Waals surface area contributed by atoms with E-state index in [1.807, 2.05) is 30.3 Å². The summed E-state index contributed by atoms with van der Waals surface area (Å²) < 4.78 is 24.8. The second-order valence-corrected chi connectivity index (χ2v) is 8.58. The van der Waals surface area contributed by atoms with Crippen LogP contribution in [-0.2, 0) is 9.84 Å². The molecule has 0 saturated heterocycles. The van der Waals surface area contributed by atoms with Crippen molar-refractivity contribution >= 4 is 15.7 Å². The van der Waals surface area contributed by atoms with Crippen molar-refractivity contribution in [2.75, 3.05) is 12.0 Å². The SMILES string of the molecule is C[C@@H](CS(C)(=O)=O)N(C(=O)c1cnn(-c2ccccc2)c1)C1CC1. The third-order valence-corrected chi connectivity index (χ3v) is 5.13. The smallest absolute Gasteiger partial charge is 0.257 e. The Kier molecular flexibility index (Phi) is 4.45. The van der Waals surface area contributed by atoms with E-state index in [1.165, 1.54) is 12.5 Å². The van der Waals surface area contributed by atoms with Crippen LogP contribution in [0.4, 0.5) is 0 Å². The monoisotopic (exact) mass is 347 g/mol. The molecular weight excluding hydrogens is 326 g/mol. The second kappa shape index (κ2) is 6.39. The largest absolute Gasteiger partial charge is 0.332 e. The maximum absolute atomic E-state index is 12.9. The number of carbonyl (C=O) groups is 1. The molecule has 1 atom stereocenters.